The van der Waals surface area contributed by atoms with E-state index in [1.165, 1.54) is 17.9 Å². The van der Waals surface area contributed by atoms with Crippen LogP contribution in [-0.4, -0.2) is 30.0 Å². The van der Waals surface area contributed by atoms with Gasteiger partial charge in [-0.05, 0) is 12.1 Å². The Labute approximate surface area is 112 Å². The maximum Gasteiger partial charge on any atom is 0.215 e. The summed E-state index contributed by atoms with van der Waals surface area (Å²) in [5.41, 5.74) is 7.31. The van der Waals surface area contributed by atoms with Crippen LogP contribution in [-0.2, 0) is 6.42 Å². The number of nitrogens with zero attached hydrogens (tertiary/aromatic N) is 5. The Morgan fingerprint density at radius 3 is 3.00 bits per heavy atom. The van der Waals surface area contributed by atoms with Crippen LogP contribution in [0.25, 0.3) is 16.2 Å². The normalized spacial score (nSPS) is 12.1. The Morgan fingerprint density at radius 1 is 1.42 bits per heavy atom. The molecule has 0 atom stereocenters. The fourth-order valence-corrected chi connectivity index (χ4v) is 2.44. The first-order valence-electron chi connectivity index (χ1n) is 5.49. The lowest BCUT2D eigenvalue weighted by molar-refractivity contribution is 0.317. The number of amidine groups is 1. The van der Waals surface area contributed by atoms with Gasteiger partial charge in [-0.1, -0.05) is 17.3 Å². The van der Waals surface area contributed by atoms with E-state index < -0.39 is 0 Å². The number of benzene rings is 1. The zero-order valence-corrected chi connectivity index (χ0v) is 10.6. The van der Waals surface area contributed by atoms with Gasteiger partial charge in [0.15, 0.2) is 0 Å². The third-order valence-corrected chi connectivity index (χ3v) is 3.29. The lowest BCUT2D eigenvalue weighted by Gasteiger charge is -2.03. The molecule has 2 aromatic heterocycles. The summed E-state index contributed by atoms with van der Waals surface area (Å²) in [5, 5.41) is 12.4. The molecule has 3 rings (SSSR count). The predicted octanol–water partition coefficient (Wildman–Crippen LogP) is 1.17. The molecule has 0 spiro atoms. The van der Waals surface area contributed by atoms with Crippen LogP contribution in [0.5, 0.6) is 0 Å². The van der Waals surface area contributed by atoms with E-state index in [2.05, 4.69) is 19.5 Å². The lowest BCUT2D eigenvalue weighted by Crippen LogP contribution is -2.17. The molecule has 3 N–H and O–H groups in total. The summed E-state index contributed by atoms with van der Waals surface area (Å²) < 4.78 is 5.86. The third-order valence-electron chi connectivity index (χ3n) is 2.64. The average molecular weight is 274 g/mol. The molecule has 0 aliphatic rings. The van der Waals surface area contributed by atoms with Gasteiger partial charge in [0.05, 0.1) is 17.5 Å². The Bertz CT molecular complexity index is 733. The predicted molar refractivity (Wildman–Crippen MR) is 71.6 cm³/mol. The van der Waals surface area contributed by atoms with Crippen molar-refractivity contribution in [3.05, 3.63) is 36.4 Å². The largest absolute Gasteiger partial charge is 0.409 e. The van der Waals surface area contributed by atoms with Gasteiger partial charge in [0.25, 0.3) is 0 Å². The van der Waals surface area contributed by atoms with Gasteiger partial charge in [0.1, 0.15) is 18.0 Å². The first-order valence-corrected chi connectivity index (χ1v) is 6.26. The van der Waals surface area contributed by atoms with Gasteiger partial charge in [-0.25, -0.2) is 9.97 Å². The molecule has 0 radical (unpaired) electrons. The van der Waals surface area contributed by atoms with E-state index in [0.29, 0.717) is 11.0 Å². The molecule has 0 saturated heterocycles. The third kappa shape index (κ3) is 2.02. The van der Waals surface area contributed by atoms with E-state index in [9.17, 15) is 0 Å². The number of fused-ring (bicyclic) bond motifs is 1. The number of aromatic nitrogens is 4. The van der Waals surface area contributed by atoms with Crippen molar-refractivity contribution in [2.75, 3.05) is 0 Å². The molecule has 19 heavy (non-hydrogen) atoms. The molecule has 1 aromatic carbocycles. The quantitative estimate of drug-likeness (QED) is 0.323. The first kappa shape index (κ1) is 11.6. The Kier molecular flexibility index (Phi) is 2.84. The van der Waals surface area contributed by atoms with Crippen molar-refractivity contribution in [1.82, 2.24) is 18.9 Å². The highest BCUT2D eigenvalue weighted by atomic mass is 32.1. The number of para-hydroxylation sites is 2. The highest BCUT2D eigenvalue weighted by Crippen LogP contribution is 2.22. The zero-order valence-electron chi connectivity index (χ0n) is 9.76. The molecule has 8 heteroatoms. The maximum atomic E-state index is 8.69. The van der Waals surface area contributed by atoms with Crippen LogP contribution in [0.4, 0.5) is 0 Å². The highest BCUT2D eigenvalue weighted by Gasteiger charge is 2.15. The van der Waals surface area contributed by atoms with Crippen LogP contribution >= 0.6 is 11.5 Å². The Morgan fingerprint density at radius 2 is 2.26 bits per heavy atom. The number of oxime groups is 1. The van der Waals surface area contributed by atoms with Crippen LogP contribution in [0, 0.1) is 0 Å². The topological polar surface area (TPSA) is 102 Å². The van der Waals surface area contributed by atoms with E-state index >= 15 is 0 Å². The van der Waals surface area contributed by atoms with Crippen molar-refractivity contribution in [2.45, 2.75) is 6.42 Å². The number of nitrogens with two attached hydrogens (primary N) is 1. The molecule has 0 fully saturated rings. The van der Waals surface area contributed by atoms with Gasteiger partial charge in [0.2, 0.25) is 5.13 Å². The Balaban J connectivity index is 2.23. The Hall–Kier alpha value is -2.48. The summed E-state index contributed by atoms with van der Waals surface area (Å²) >= 11 is 1.26. The van der Waals surface area contributed by atoms with Gasteiger partial charge in [-0.2, -0.15) is 4.37 Å². The summed E-state index contributed by atoms with van der Waals surface area (Å²) in [7, 11) is 0. The number of imidazole rings is 1. The van der Waals surface area contributed by atoms with E-state index in [0.717, 1.165) is 11.0 Å². The fraction of sp³-hybridized carbons (Fsp3) is 0.0909. The van der Waals surface area contributed by atoms with Crippen LogP contribution in [0.1, 0.15) is 5.82 Å². The monoisotopic (exact) mass is 274 g/mol. The van der Waals surface area contributed by atoms with Crippen LogP contribution in [0.3, 0.4) is 0 Å². The molecule has 7 nitrogen and oxygen atoms in total. The summed E-state index contributed by atoms with van der Waals surface area (Å²) in [6.07, 6.45) is 1.73. The molecule has 0 amide bonds. The summed E-state index contributed by atoms with van der Waals surface area (Å²) in [4.78, 5) is 8.68. The molecule has 0 aliphatic carbocycles. The standard InChI is InChI=1S/C11H10N6OS/c12-9(16-18)5-10-15-7-3-1-2-4-8(7)17(10)11-13-6-14-19-11/h1-4,6,18H,5H2,(H2,12,16). The molecular weight excluding hydrogens is 264 g/mol. The minimum Gasteiger partial charge on any atom is -0.409 e. The van der Waals surface area contributed by atoms with Crippen molar-refractivity contribution >= 4 is 28.4 Å². The minimum atomic E-state index is 0.0982. The second kappa shape index (κ2) is 4.65. The van der Waals surface area contributed by atoms with Crippen molar-refractivity contribution in [2.24, 2.45) is 10.9 Å². The van der Waals surface area contributed by atoms with Crippen LogP contribution < -0.4 is 5.73 Å². The summed E-state index contributed by atoms with van der Waals surface area (Å²) in [6, 6.07) is 7.68. The highest BCUT2D eigenvalue weighted by molar-refractivity contribution is 7.08. The number of hydrogen-bond acceptors (Lipinski definition) is 6. The molecule has 0 aliphatic heterocycles. The number of hydrogen-bond donors (Lipinski definition) is 2. The van der Waals surface area contributed by atoms with Crippen molar-refractivity contribution < 1.29 is 5.21 Å². The van der Waals surface area contributed by atoms with Gasteiger partial charge in [-0.3, -0.25) is 4.57 Å². The molecule has 0 saturated carbocycles. The second-order valence-electron chi connectivity index (χ2n) is 3.84. The van der Waals surface area contributed by atoms with Gasteiger partial charge < -0.3 is 10.9 Å². The van der Waals surface area contributed by atoms with Crippen molar-refractivity contribution in [1.29, 1.82) is 0 Å². The molecule has 0 bridgehead atoms. The van der Waals surface area contributed by atoms with E-state index in [1.54, 1.807) is 0 Å². The molecule has 0 unspecified atom stereocenters. The minimum absolute atomic E-state index is 0.0982. The fourth-order valence-electron chi connectivity index (χ4n) is 1.87. The van der Waals surface area contributed by atoms with E-state index in [1.807, 2.05) is 28.8 Å². The van der Waals surface area contributed by atoms with E-state index in [-0.39, 0.29) is 12.3 Å². The maximum absolute atomic E-state index is 8.69. The van der Waals surface area contributed by atoms with Gasteiger partial charge in [-0.15, -0.1) is 0 Å². The van der Waals surface area contributed by atoms with Gasteiger partial charge in [0, 0.05) is 11.5 Å². The van der Waals surface area contributed by atoms with Crippen molar-refractivity contribution in [3.63, 3.8) is 0 Å². The average Bonchev–Trinajstić information content (AvgIpc) is 3.04. The van der Waals surface area contributed by atoms with Gasteiger partial charge >= 0.3 is 0 Å². The zero-order chi connectivity index (χ0) is 13.2. The first-order chi connectivity index (χ1) is 9.29. The van der Waals surface area contributed by atoms with Crippen LogP contribution in [0.2, 0.25) is 0 Å². The van der Waals surface area contributed by atoms with Crippen LogP contribution in [0.15, 0.2) is 35.7 Å². The SMILES string of the molecule is NC(Cc1nc2ccccc2n1-c1ncns1)=NO. The molecule has 3 aromatic rings. The molecular formula is C11H10N6OS. The summed E-state index contributed by atoms with van der Waals surface area (Å²) in [6.45, 7) is 0. The van der Waals surface area contributed by atoms with E-state index in [4.69, 9.17) is 10.9 Å². The molecule has 2 heterocycles. The number of rotatable bonds is 3. The smallest absolute Gasteiger partial charge is 0.215 e. The summed E-state index contributed by atoms with van der Waals surface area (Å²) in [5.74, 6) is 0.759. The second-order valence-corrected chi connectivity index (χ2v) is 4.60. The van der Waals surface area contributed by atoms with Crippen molar-refractivity contribution in [3.8, 4) is 5.13 Å². The molecule has 96 valence electrons. The lowest BCUT2D eigenvalue weighted by atomic mass is 10.3.